The zero-order valence-electron chi connectivity index (χ0n) is 17.9. The second kappa shape index (κ2) is 12.8. The van der Waals surface area contributed by atoms with Gasteiger partial charge in [-0.25, -0.2) is 0 Å². The van der Waals surface area contributed by atoms with Gasteiger partial charge in [-0.15, -0.1) is 0 Å². The Labute approximate surface area is 185 Å². The molecule has 1 saturated heterocycles. The van der Waals surface area contributed by atoms with Crippen LogP contribution < -0.4 is 5.32 Å². The lowest BCUT2D eigenvalue weighted by Crippen LogP contribution is -2.61. The highest BCUT2D eigenvalue weighted by molar-refractivity contribution is 5.81. The van der Waals surface area contributed by atoms with Gasteiger partial charge in [-0.05, 0) is 12.0 Å². The third-order valence-corrected chi connectivity index (χ3v) is 4.00. The molecule has 1 heterocycles. The van der Waals surface area contributed by atoms with E-state index in [4.69, 9.17) is 29.2 Å². The number of carbonyl (C=O) groups excluding carboxylic acids is 4. The standard InChI is InChI=1S/C17H23F3N4O9/c1-8(25)30-7-11-13(31-9(2)26)14(32-10(3)27)12(23-24-21)15(33-11)29-6-4-5-22-16(28)17(18,19)20/h11-15H,4-7H2,1-3H3,(H,22,28)/t11-,12-,13+,14-,15+/m1/s1. The fourth-order valence-corrected chi connectivity index (χ4v) is 2.78. The van der Waals surface area contributed by atoms with Crippen molar-refractivity contribution in [2.24, 2.45) is 5.11 Å². The number of carbonyl (C=O) groups is 4. The van der Waals surface area contributed by atoms with Crippen LogP contribution in [0, 0.1) is 0 Å². The van der Waals surface area contributed by atoms with Crippen molar-refractivity contribution in [2.75, 3.05) is 19.8 Å². The Bertz CT molecular complexity index is 773. The first-order valence-corrected chi connectivity index (χ1v) is 9.51. The van der Waals surface area contributed by atoms with E-state index in [2.05, 4.69) is 10.0 Å². The minimum atomic E-state index is -5.03. The number of hydrogen-bond acceptors (Lipinski definition) is 10. The van der Waals surface area contributed by atoms with E-state index in [1.165, 1.54) is 0 Å². The maximum absolute atomic E-state index is 12.2. The molecule has 0 aromatic rings. The van der Waals surface area contributed by atoms with Crippen molar-refractivity contribution in [3.8, 4) is 0 Å². The van der Waals surface area contributed by atoms with Crippen LogP contribution >= 0.6 is 0 Å². The summed E-state index contributed by atoms with van der Waals surface area (Å²) in [5.74, 6) is -4.44. The SMILES string of the molecule is CC(=O)OC[C@H]1O[C@H](OCCCNC(=O)C(F)(F)F)[C@H](N=[N+]=[N-])[C@@H](OC(C)=O)[C@H]1OC(C)=O. The second-order valence-electron chi connectivity index (χ2n) is 6.67. The lowest BCUT2D eigenvalue weighted by Gasteiger charge is -2.43. The summed E-state index contributed by atoms with van der Waals surface area (Å²) in [4.78, 5) is 47.9. The highest BCUT2D eigenvalue weighted by Crippen LogP contribution is 2.30. The summed E-state index contributed by atoms with van der Waals surface area (Å²) in [6.07, 6.45) is -10.5. The van der Waals surface area contributed by atoms with Crippen LogP contribution in [0.15, 0.2) is 5.11 Å². The summed E-state index contributed by atoms with van der Waals surface area (Å²) in [7, 11) is 0. The van der Waals surface area contributed by atoms with Crippen LogP contribution in [0.25, 0.3) is 10.4 Å². The van der Waals surface area contributed by atoms with Crippen molar-refractivity contribution < 1.29 is 56.0 Å². The molecule has 0 unspecified atom stereocenters. The number of halogens is 3. The molecule has 1 rings (SSSR count). The molecule has 0 aliphatic carbocycles. The molecule has 0 radical (unpaired) electrons. The fourth-order valence-electron chi connectivity index (χ4n) is 2.78. The van der Waals surface area contributed by atoms with E-state index in [0.29, 0.717) is 0 Å². The highest BCUT2D eigenvalue weighted by atomic mass is 19.4. The number of hydrogen-bond donors (Lipinski definition) is 1. The molecule has 0 aromatic heterocycles. The number of amides is 1. The van der Waals surface area contributed by atoms with Crippen molar-refractivity contribution in [1.29, 1.82) is 0 Å². The molecule has 0 bridgehead atoms. The molecular formula is C17H23F3N4O9. The monoisotopic (exact) mass is 484 g/mol. The van der Waals surface area contributed by atoms with Crippen molar-refractivity contribution in [3.05, 3.63) is 10.4 Å². The lowest BCUT2D eigenvalue weighted by molar-refractivity contribution is -0.273. The number of rotatable bonds is 10. The van der Waals surface area contributed by atoms with Gasteiger partial charge in [-0.2, -0.15) is 13.2 Å². The van der Waals surface area contributed by atoms with Crippen molar-refractivity contribution >= 4 is 23.8 Å². The van der Waals surface area contributed by atoms with Gasteiger partial charge in [-0.3, -0.25) is 19.2 Å². The summed E-state index contributed by atoms with van der Waals surface area (Å²) in [6.45, 7) is 2.11. The third-order valence-electron chi connectivity index (χ3n) is 4.00. The largest absolute Gasteiger partial charge is 0.471 e. The van der Waals surface area contributed by atoms with E-state index in [1.54, 1.807) is 5.32 Å². The molecule has 1 amide bonds. The molecule has 33 heavy (non-hydrogen) atoms. The van der Waals surface area contributed by atoms with Crippen LogP contribution in [-0.2, 0) is 42.9 Å². The zero-order valence-corrected chi connectivity index (χ0v) is 17.9. The number of nitrogens with zero attached hydrogens (tertiary/aromatic N) is 3. The summed E-state index contributed by atoms with van der Waals surface area (Å²) in [5, 5.41) is 5.13. The van der Waals surface area contributed by atoms with Crippen molar-refractivity contribution in [1.82, 2.24) is 5.32 Å². The van der Waals surface area contributed by atoms with Crippen molar-refractivity contribution in [3.63, 3.8) is 0 Å². The van der Waals surface area contributed by atoms with Gasteiger partial charge in [0.05, 0.1) is 6.61 Å². The first-order valence-electron chi connectivity index (χ1n) is 9.51. The molecule has 5 atom stereocenters. The smallest absolute Gasteiger partial charge is 0.463 e. The summed E-state index contributed by atoms with van der Waals surface area (Å²) < 4.78 is 62.9. The predicted octanol–water partition coefficient (Wildman–Crippen LogP) is 0.902. The molecule has 1 aliphatic heterocycles. The summed E-state index contributed by atoms with van der Waals surface area (Å²) in [6, 6.07) is -1.37. The molecule has 0 spiro atoms. The Morgan fingerprint density at radius 3 is 2.18 bits per heavy atom. The van der Waals surface area contributed by atoms with Crippen LogP contribution in [0.1, 0.15) is 27.2 Å². The van der Waals surface area contributed by atoms with E-state index in [1.807, 2.05) is 0 Å². The van der Waals surface area contributed by atoms with Crippen LogP contribution in [0.4, 0.5) is 13.2 Å². The molecule has 1 aliphatic rings. The average molecular weight is 484 g/mol. The van der Waals surface area contributed by atoms with Gasteiger partial charge in [0, 0.05) is 32.2 Å². The van der Waals surface area contributed by atoms with E-state index >= 15 is 0 Å². The average Bonchev–Trinajstić information content (AvgIpc) is 2.68. The first kappa shape index (κ1) is 27.9. The Kier molecular flexibility index (Phi) is 10.8. The van der Waals surface area contributed by atoms with Gasteiger partial charge < -0.3 is 29.0 Å². The number of ether oxygens (including phenoxy) is 5. The Morgan fingerprint density at radius 1 is 1.06 bits per heavy atom. The Morgan fingerprint density at radius 2 is 1.67 bits per heavy atom. The number of nitrogens with one attached hydrogen (secondary N) is 1. The molecular weight excluding hydrogens is 461 g/mol. The third kappa shape index (κ3) is 9.51. The molecule has 13 nitrogen and oxygen atoms in total. The predicted molar refractivity (Wildman–Crippen MR) is 99.0 cm³/mol. The molecule has 0 saturated carbocycles. The fraction of sp³-hybridized carbons (Fsp3) is 0.765. The van der Waals surface area contributed by atoms with Crippen LogP contribution in [-0.4, -0.2) is 80.4 Å². The zero-order chi connectivity index (χ0) is 25.2. The first-order chi connectivity index (χ1) is 15.4. The molecule has 1 fully saturated rings. The van der Waals surface area contributed by atoms with Gasteiger partial charge in [0.1, 0.15) is 18.8 Å². The molecule has 16 heteroatoms. The summed E-state index contributed by atoms with van der Waals surface area (Å²) in [5.41, 5.74) is 8.92. The van der Waals surface area contributed by atoms with Crippen LogP contribution in [0.2, 0.25) is 0 Å². The Balaban J connectivity index is 3.00. The van der Waals surface area contributed by atoms with Crippen molar-refractivity contribution in [2.45, 2.75) is 64.0 Å². The van der Waals surface area contributed by atoms with Gasteiger partial charge in [0.2, 0.25) is 0 Å². The second-order valence-corrected chi connectivity index (χ2v) is 6.67. The summed E-state index contributed by atoms with van der Waals surface area (Å²) >= 11 is 0. The molecule has 1 N–H and O–H groups in total. The topological polar surface area (TPSA) is 175 Å². The Hall–Kier alpha value is -3.10. The minimum Gasteiger partial charge on any atom is -0.463 e. The van der Waals surface area contributed by atoms with Crippen LogP contribution in [0.5, 0.6) is 0 Å². The molecule has 0 aromatic carbocycles. The quantitative estimate of drug-likeness (QED) is 0.118. The van der Waals surface area contributed by atoms with Gasteiger partial charge in [0.15, 0.2) is 18.5 Å². The van der Waals surface area contributed by atoms with E-state index in [0.717, 1.165) is 20.8 Å². The van der Waals surface area contributed by atoms with E-state index < -0.39 is 73.8 Å². The molecule has 186 valence electrons. The number of alkyl halides is 3. The highest BCUT2D eigenvalue weighted by Gasteiger charge is 2.50. The minimum absolute atomic E-state index is 0.0924. The maximum atomic E-state index is 12.2. The number of esters is 3. The number of azide groups is 1. The van der Waals surface area contributed by atoms with Gasteiger partial charge in [0.25, 0.3) is 0 Å². The lowest BCUT2D eigenvalue weighted by atomic mass is 9.97. The van der Waals surface area contributed by atoms with E-state index in [-0.39, 0.29) is 13.0 Å². The van der Waals surface area contributed by atoms with Gasteiger partial charge in [-0.1, -0.05) is 5.11 Å². The van der Waals surface area contributed by atoms with Crippen LogP contribution in [0.3, 0.4) is 0 Å². The normalized spacial score (nSPS) is 24.7. The van der Waals surface area contributed by atoms with Gasteiger partial charge >= 0.3 is 30.0 Å². The maximum Gasteiger partial charge on any atom is 0.471 e. The van der Waals surface area contributed by atoms with E-state index in [9.17, 15) is 32.3 Å².